The van der Waals surface area contributed by atoms with Crippen molar-refractivity contribution in [2.24, 2.45) is 0 Å². The highest BCUT2D eigenvalue weighted by molar-refractivity contribution is 4.71. The molecule has 0 atom stereocenters. The molecule has 4 nitrogen and oxygen atoms in total. The predicted molar refractivity (Wildman–Crippen MR) is 33.2 cm³/mol. The normalized spacial score (nSPS) is 7.00. The van der Waals surface area contributed by atoms with Gasteiger partial charge < -0.3 is 20.4 Å². The van der Waals surface area contributed by atoms with E-state index in [4.69, 9.17) is 20.4 Å². The van der Waals surface area contributed by atoms with Gasteiger partial charge in [-0.2, -0.15) is 0 Å². The monoisotopic (exact) mass is 136 g/mol. The van der Waals surface area contributed by atoms with Gasteiger partial charge in [0, 0.05) is 0 Å². The zero-order valence-electron chi connectivity index (χ0n) is 5.28. The Bertz CT molecular complexity index is 63.4. The highest BCUT2D eigenvalue weighted by atomic mass is 16.5. The lowest BCUT2D eigenvalue weighted by molar-refractivity contribution is 0.186. The van der Waals surface area contributed by atoms with Crippen LogP contribution >= 0.6 is 0 Å². The maximum absolute atomic E-state index is 7.78. The second-order valence-electron chi connectivity index (χ2n) is 1.09. The van der Waals surface area contributed by atoms with Crippen molar-refractivity contribution in [2.45, 2.75) is 6.92 Å². The van der Waals surface area contributed by atoms with Crippen LogP contribution in [0.2, 0.25) is 0 Å². The minimum Gasteiger partial charge on any atom is -0.481 e. The van der Waals surface area contributed by atoms with Crippen molar-refractivity contribution in [3.63, 3.8) is 0 Å². The Morgan fingerprint density at radius 1 is 1.22 bits per heavy atom. The predicted octanol–water partition coefficient (Wildman–Crippen LogP) is -0.0653. The first kappa shape index (κ1) is 11.1. The average Bonchev–Trinajstić information content (AvgIpc) is 1.89. The number of allylic oxidation sites excluding steroid dienone is 1. The summed E-state index contributed by atoms with van der Waals surface area (Å²) in [5.41, 5.74) is 0. The van der Waals surface area contributed by atoms with E-state index in [1.54, 1.807) is 0 Å². The molecular weight excluding hydrogens is 124 g/mol. The van der Waals surface area contributed by atoms with Crippen molar-refractivity contribution in [3.8, 4) is 0 Å². The SMILES string of the molecule is CC=C(O)O.OCCO. The van der Waals surface area contributed by atoms with Crippen LogP contribution in [0.4, 0.5) is 0 Å². The van der Waals surface area contributed by atoms with Gasteiger partial charge in [-0.05, 0) is 13.0 Å². The molecule has 0 radical (unpaired) electrons. The second kappa shape index (κ2) is 10.3. The van der Waals surface area contributed by atoms with Crippen LogP contribution < -0.4 is 0 Å². The first-order valence-electron chi connectivity index (χ1n) is 2.45. The summed E-state index contributed by atoms with van der Waals surface area (Å²) in [6, 6.07) is 0. The molecule has 0 aromatic heterocycles. The highest BCUT2D eigenvalue weighted by Crippen LogP contribution is 1.71. The summed E-state index contributed by atoms with van der Waals surface area (Å²) < 4.78 is 0. The van der Waals surface area contributed by atoms with E-state index >= 15 is 0 Å². The molecule has 0 saturated carbocycles. The number of hydrogen-bond acceptors (Lipinski definition) is 4. The fourth-order valence-corrected chi connectivity index (χ4v) is 0. The molecule has 0 aliphatic carbocycles. The van der Waals surface area contributed by atoms with E-state index in [-0.39, 0.29) is 13.2 Å². The molecule has 0 rings (SSSR count). The van der Waals surface area contributed by atoms with Crippen molar-refractivity contribution >= 4 is 0 Å². The second-order valence-corrected chi connectivity index (χ2v) is 1.09. The molecule has 0 aliphatic heterocycles. The molecule has 0 heterocycles. The van der Waals surface area contributed by atoms with Gasteiger partial charge in [-0.25, -0.2) is 0 Å². The van der Waals surface area contributed by atoms with E-state index in [0.717, 1.165) is 0 Å². The van der Waals surface area contributed by atoms with E-state index in [1.165, 1.54) is 13.0 Å². The third-order valence-corrected chi connectivity index (χ3v) is 0.358. The summed E-state index contributed by atoms with van der Waals surface area (Å²) in [5, 5.41) is 30.8. The lowest BCUT2D eigenvalue weighted by Gasteiger charge is -1.75. The summed E-state index contributed by atoms with van der Waals surface area (Å²) in [5.74, 6) is -0.620. The molecule has 0 aromatic carbocycles. The molecule has 0 bridgehead atoms. The van der Waals surface area contributed by atoms with E-state index in [2.05, 4.69) is 0 Å². The van der Waals surface area contributed by atoms with Gasteiger partial charge in [-0.15, -0.1) is 0 Å². The first-order valence-corrected chi connectivity index (χ1v) is 2.45. The zero-order chi connectivity index (χ0) is 7.70. The summed E-state index contributed by atoms with van der Waals surface area (Å²) >= 11 is 0. The van der Waals surface area contributed by atoms with E-state index in [1.807, 2.05) is 0 Å². The van der Waals surface area contributed by atoms with Gasteiger partial charge >= 0.3 is 0 Å². The van der Waals surface area contributed by atoms with Gasteiger partial charge in [0.1, 0.15) is 0 Å². The maximum atomic E-state index is 7.78. The van der Waals surface area contributed by atoms with Gasteiger partial charge in [-0.3, -0.25) is 0 Å². The summed E-state index contributed by atoms with van der Waals surface area (Å²) in [6.45, 7) is 1.29. The standard InChI is InChI=1S/C3H6O2.C2H6O2/c1-2-3(4)5;3-1-2-4/h2,4-5H,1H3;3-4H,1-2H2. The van der Waals surface area contributed by atoms with Crippen LogP contribution in [0.15, 0.2) is 12.0 Å². The van der Waals surface area contributed by atoms with E-state index < -0.39 is 5.95 Å². The molecule has 9 heavy (non-hydrogen) atoms. The quantitative estimate of drug-likeness (QED) is 0.380. The molecule has 4 heteroatoms. The smallest absolute Gasteiger partial charge is 0.269 e. The first-order chi connectivity index (χ1) is 4.18. The van der Waals surface area contributed by atoms with Crippen LogP contribution in [0.1, 0.15) is 6.92 Å². The van der Waals surface area contributed by atoms with Crippen molar-refractivity contribution in [1.82, 2.24) is 0 Å². The Labute approximate surface area is 53.7 Å². The van der Waals surface area contributed by atoms with Crippen LogP contribution in [-0.4, -0.2) is 33.6 Å². The summed E-state index contributed by atoms with van der Waals surface area (Å²) in [7, 11) is 0. The summed E-state index contributed by atoms with van der Waals surface area (Å²) in [6.07, 6.45) is 1.19. The Morgan fingerprint density at radius 2 is 1.44 bits per heavy atom. The van der Waals surface area contributed by atoms with E-state index in [0.29, 0.717) is 0 Å². The molecule has 0 saturated heterocycles. The van der Waals surface area contributed by atoms with Crippen molar-refractivity contribution < 1.29 is 20.4 Å². The van der Waals surface area contributed by atoms with Crippen molar-refractivity contribution in [2.75, 3.05) is 13.2 Å². The van der Waals surface area contributed by atoms with Crippen LogP contribution in [0.3, 0.4) is 0 Å². The fourth-order valence-electron chi connectivity index (χ4n) is 0. The average molecular weight is 136 g/mol. The highest BCUT2D eigenvalue weighted by Gasteiger charge is 1.66. The minimum atomic E-state index is -0.620. The minimum absolute atomic E-state index is 0.125. The Morgan fingerprint density at radius 3 is 1.44 bits per heavy atom. The Kier molecular flexibility index (Phi) is 12.7. The van der Waals surface area contributed by atoms with Crippen LogP contribution in [0.5, 0.6) is 0 Å². The molecule has 4 N–H and O–H groups in total. The molecule has 0 aromatic rings. The Balaban J connectivity index is 0. The number of aliphatic hydroxyl groups is 4. The van der Waals surface area contributed by atoms with Gasteiger partial charge in [0.15, 0.2) is 0 Å². The number of aliphatic hydroxyl groups excluding tert-OH is 3. The van der Waals surface area contributed by atoms with Crippen molar-refractivity contribution in [3.05, 3.63) is 12.0 Å². The van der Waals surface area contributed by atoms with Crippen LogP contribution in [-0.2, 0) is 0 Å². The molecular formula is C5H12O4. The molecule has 0 amide bonds. The maximum Gasteiger partial charge on any atom is 0.269 e. The molecule has 0 fully saturated rings. The van der Waals surface area contributed by atoms with E-state index in [9.17, 15) is 0 Å². The van der Waals surface area contributed by atoms with Crippen LogP contribution in [0.25, 0.3) is 0 Å². The number of hydrogen-bond donors (Lipinski definition) is 4. The largest absolute Gasteiger partial charge is 0.481 e. The zero-order valence-corrected chi connectivity index (χ0v) is 5.28. The van der Waals surface area contributed by atoms with Gasteiger partial charge in [-0.1, -0.05) is 0 Å². The van der Waals surface area contributed by atoms with Crippen LogP contribution in [0, 0.1) is 0 Å². The molecule has 56 valence electrons. The third-order valence-electron chi connectivity index (χ3n) is 0.358. The number of rotatable bonds is 1. The molecule has 0 spiro atoms. The lowest BCUT2D eigenvalue weighted by atomic mass is 10.7. The topological polar surface area (TPSA) is 80.9 Å². The summed E-state index contributed by atoms with van der Waals surface area (Å²) in [4.78, 5) is 0. The Hall–Kier alpha value is -0.740. The van der Waals surface area contributed by atoms with Gasteiger partial charge in [0.05, 0.1) is 13.2 Å². The van der Waals surface area contributed by atoms with Gasteiger partial charge in [0.2, 0.25) is 0 Å². The fraction of sp³-hybridized carbons (Fsp3) is 0.600. The van der Waals surface area contributed by atoms with Crippen molar-refractivity contribution in [1.29, 1.82) is 0 Å². The lowest BCUT2D eigenvalue weighted by Crippen LogP contribution is -1.85. The third kappa shape index (κ3) is 39.3. The molecule has 0 aliphatic rings. The van der Waals surface area contributed by atoms with Gasteiger partial charge in [0.25, 0.3) is 5.95 Å². The molecule has 0 unspecified atom stereocenters.